The minimum atomic E-state index is -0.164. The summed E-state index contributed by atoms with van der Waals surface area (Å²) in [5.41, 5.74) is 2.15. The largest absolute Gasteiger partial charge is 0.372 e. The molecule has 2 nitrogen and oxygen atoms in total. The normalized spacial score (nSPS) is 12.5. The van der Waals surface area contributed by atoms with Gasteiger partial charge in [-0.15, -0.1) is 0 Å². The Morgan fingerprint density at radius 3 is 2.67 bits per heavy atom. The molecule has 1 aromatic carbocycles. The van der Waals surface area contributed by atoms with Crippen molar-refractivity contribution < 1.29 is 4.39 Å². The number of halogens is 1. The van der Waals surface area contributed by atoms with E-state index < -0.39 is 0 Å². The highest BCUT2D eigenvalue weighted by Gasteiger charge is 2.13. The first-order chi connectivity index (χ1) is 8.60. The van der Waals surface area contributed by atoms with Crippen LogP contribution in [0.4, 0.5) is 10.1 Å². The number of nitrogens with one attached hydrogen (secondary N) is 1. The second kappa shape index (κ2) is 7.37. The van der Waals surface area contributed by atoms with Gasteiger partial charge < -0.3 is 10.2 Å². The van der Waals surface area contributed by atoms with E-state index in [1.165, 1.54) is 0 Å². The minimum Gasteiger partial charge on any atom is -0.372 e. The van der Waals surface area contributed by atoms with Crippen molar-refractivity contribution in [3.63, 3.8) is 0 Å². The van der Waals surface area contributed by atoms with Crippen LogP contribution in [-0.2, 0) is 6.54 Å². The molecule has 0 aliphatic carbocycles. The molecule has 0 bridgehead atoms. The molecule has 0 heterocycles. The van der Waals surface area contributed by atoms with Gasteiger partial charge in [0.25, 0.3) is 0 Å². The number of anilines is 1. The predicted octanol–water partition coefficient (Wildman–Crippen LogP) is 3.56. The lowest BCUT2D eigenvalue weighted by molar-refractivity contribution is 0.603. The number of benzene rings is 1. The van der Waals surface area contributed by atoms with Crippen LogP contribution in [0, 0.1) is 5.82 Å². The van der Waals surface area contributed by atoms with Crippen molar-refractivity contribution in [2.75, 3.05) is 18.5 Å². The highest BCUT2D eigenvalue weighted by atomic mass is 19.1. The van der Waals surface area contributed by atoms with Gasteiger partial charge >= 0.3 is 0 Å². The lowest BCUT2D eigenvalue weighted by atomic mass is 10.1. The molecule has 1 unspecified atom stereocenters. The molecule has 1 atom stereocenters. The van der Waals surface area contributed by atoms with Gasteiger partial charge in [-0.3, -0.25) is 0 Å². The molecule has 102 valence electrons. The SMILES string of the molecule is CCCC(C)N(C)c1ccc(F)cc1CNCC. The molecule has 0 fully saturated rings. The summed E-state index contributed by atoms with van der Waals surface area (Å²) in [7, 11) is 2.09. The van der Waals surface area contributed by atoms with Crippen LogP contribution < -0.4 is 10.2 Å². The molecule has 0 aliphatic heterocycles. The molecule has 0 saturated heterocycles. The second-order valence-corrected chi connectivity index (χ2v) is 4.80. The van der Waals surface area contributed by atoms with Crippen molar-refractivity contribution in [2.45, 2.75) is 46.2 Å². The lowest BCUT2D eigenvalue weighted by Crippen LogP contribution is -2.30. The monoisotopic (exact) mass is 252 g/mol. The van der Waals surface area contributed by atoms with Crippen LogP contribution in [0.2, 0.25) is 0 Å². The van der Waals surface area contributed by atoms with Gasteiger partial charge in [0.05, 0.1) is 0 Å². The Bertz CT molecular complexity index is 366. The van der Waals surface area contributed by atoms with E-state index in [1.54, 1.807) is 12.1 Å². The van der Waals surface area contributed by atoms with E-state index in [0.717, 1.165) is 30.6 Å². The standard InChI is InChI=1S/C15H25FN2/c1-5-7-12(3)18(4)15-9-8-14(16)10-13(15)11-17-6-2/h8-10,12,17H,5-7,11H2,1-4H3. The van der Waals surface area contributed by atoms with E-state index >= 15 is 0 Å². The van der Waals surface area contributed by atoms with E-state index in [1.807, 2.05) is 6.07 Å². The van der Waals surface area contributed by atoms with Crippen LogP contribution in [0.15, 0.2) is 18.2 Å². The molecule has 0 spiro atoms. The predicted molar refractivity (Wildman–Crippen MR) is 76.6 cm³/mol. The fourth-order valence-corrected chi connectivity index (χ4v) is 2.15. The maximum Gasteiger partial charge on any atom is 0.123 e. The van der Waals surface area contributed by atoms with E-state index in [9.17, 15) is 4.39 Å². The molecule has 3 heteroatoms. The van der Waals surface area contributed by atoms with Crippen molar-refractivity contribution in [3.8, 4) is 0 Å². The van der Waals surface area contributed by atoms with E-state index in [2.05, 4.69) is 38.0 Å². The summed E-state index contributed by atoms with van der Waals surface area (Å²) in [6.45, 7) is 8.07. The van der Waals surface area contributed by atoms with Gasteiger partial charge in [0.15, 0.2) is 0 Å². The molecule has 0 saturated carbocycles. The molecule has 0 aromatic heterocycles. The van der Waals surface area contributed by atoms with Crippen LogP contribution in [0.25, 0.3) is 0 Å². The third-order valence-corrected chi connectivity index (χ3v) is 3.35. The van der Waals surface area contributed by atoms with Crippen molar-refractivity contribution in [3.05, 3.63) is 29.6 Å². The average Bonchev–Trinajstić information content (AvgIpc) is 2.36. The Morgan fingerprint density at radius 1 is 1.33 bits per heavy atom. The Kier molecular flexibility index (Phi) is 6.13. The molecule has 0 aliphatic rings. The third kappa shape index (κ3) is 3.98. The number of hydrogen-bond acceptors (Lipinski definition) is 2. The van der Waals surface area contributed by atoms with Crippen molar-refractivity contribution in [2.24, 2.45) is 0 Å². The number of rotatable bonds is 7. The minimum absolute atomic E-state index is 0.164. The topological polar surface area (TPSA) is 15.3 Å². The van der Waals surface area contributed by atoms with Gasteiger partial charge in [0, 0.05) is 25.3 Å². The zero-order valence-electron chi connectivity index (χ0n) is 12.0. The summed E-state index contributed by atoms with van der Waals surface area (Å²) in [5.74, 6) is -0.164. The molecular weight excluding hydrogens is 227 g/mol. The van der Waals surface area contributed by atoms with Gasteiger partial charge in [0.2, 0.25) is 0 Å². The molecular formula is C15H25FN2. The molecule has 0 amide bonds. The van der Waals surface area contributed by atoms with Crippen LogP contribution in [0.5, 0.6) is 0 Å². The van der Waals surface area contributed by atoms with Gasteiger partial charge in [0.1, 0.15) is 5.82 Å². The fourth-order valence-electron chi connectivity index (χ4n) is 2.15. The maximum absolute atomic E-state index is 13.3. The van der Waals surface area contributed by atoms with Gasteiger partial charge in [-0.25, -0.2) is 4.39 Å². The summed E-state index contributed by atoms with van der Waals surface area (Å²) < 4.78 is 13.3. The van der Waals surface area contributed by atoms with E-state index in [4.69, 9.17) is 0 Å². The fraction of sp³-hybridized carbons (Fsp3) is 0.600. The van der Waals surface area contributed by atoms with E-state index in [-0.39, 0.29) is 5.82 Å². The van der Waals surface area contributed by atoms with Gasteiger partial charge in [-0.1, -0.05) is 20.3 Å². The van der Waals surface area contributed by atoms with Crippen LogP contribution in [0.1, 0.15) is 39.2 Å². The number of hydrogen-bond donors (Lipinski definition) is 1. The molecule has 0 radical (unpaired) electrons. The molecule has 18 heavy (non-hydrogen) atoms. The summed E-state index contributed by atoms with van der Waals surface area (Å²) >= 11 is 0. The van der Waals surface area contributed by atoms with Crippen LogP contribution in [0.3, 0.4) is 0 Å². The first-order valence-electron chi connectivity index (χ1n) is 6.82. The summed E-state index contributed by atoms with van der Waals surface area (Å²) in [6.07, 6.45) is 2.31. The van der Waals surface area contributed by atoms with Gasteiger partial charge in [-0.05, 0) is 43.7 Å². The first kappa shape index (κ1) is 15.0. The molecule has 1 aromatic rings. The second-order valence-electron chi connectivity index (χ2n) is 4.80. The Labute approximate surface area is 110 Å². The Hall–Kier alpha value is -1.09. The van der Waals surface area contributed by atoms with Gasteiger partial charge in [-0.2, -0.15) is 0 Å². The van der Waals surface area contributed by atoms with Crippen molar-refractivity contribution >= 4 is 5.69 Å². The van der Waals surface area contributed by atoms with Crippen LogP contribution >= 0.6 is 0 Å². The highest BCUT2D eigenvalue weighted by molar-refractivity contribution is 5.54. The quantitative estimate of drug-likeness (QED) is 0.798. The third-order valence-electron chi connectivity index (χ3n) is 3.35. The van der Waals surface area contributed by atoms with Crippen molar-refractivity contribution in [1.29, 1.82) is 0 Å². The van der Waals surface area contributed by atoms with Crippen molar-refractivity contribution in [1.82, 2.24) is 5.32 Å². The Morgan fingerprint density at radius 2 is 2.06 bits per heavy atom. The molecule has 1 rings (SSSR count). The first-order valence-corrected chi connectivity index (χ1v) is 6.82. The summed E-state index contributed by atoms with van der Waals surface area (Å²) in [4.78, 5) is 2.25. The van der Waals surface area contributed by atoms with E-state index in [0.29, 0.717) is 12.6 Å². The average molecular weight is 252 g/mol. The summed E-state index contributed by atoms with van der Waals surface area (Å²) in [6, 6.07) is 5.53. The lowest BCUT2D eigenvalue weighted by Gasteiger charge is -2.29. The Balaban J connectivity index is 2.91. The molecule has 1 N–H and O–H groups in total. The highest BCUT2D eigenvalue weighted by Crippen LogP contribution is 2.23. The number of nitrogens with zero attached hydrogens (tertiary/aromatic N) is 1. The maximum atomic E-state index is 13.3. The zero-order valence-corrected chi connectivity index (χ0v) is 12.0. The summed E-state index contributed by atoms with van der Waals surface area (Å²) in [5, 5.41) is 3.26. The smallest absolute Gasteiger partial charge is 0.123 e. The zero-order chi connectivity index (χ0) is 13.5. The van der Waals surface area contributed by atoms with Crippen LogP contribution in [-0.4, -0.2) is 19.6 Å².